The third-order valence-corrected chi connectivity index (χ3v) is 6.61. The molecule has 1 fully saturated rings. The maximum Gasteiger partial charge on any atom is 0.223 e. The van der Waals surface area contributed by atoms with Gasteiger partial charge in [-0.15, -0.1) is 0 Å². The Morgan fingerprint density at radius 3 is 2.56 bits per heavy atom. The van der Waals surface area contributed by atoms with Crippen molar-refractivity contribution in [1.82, 2.24) is 15.2 Å². The molecule has 174 valence electrons. The Hall–Kier alpha value is -3.57. The van der Waals surface area contributed by atoms with Gasteiger partial charge in [-0.05, 0) is 73.8 Å². The molecule has 34 heavy (non-hydrogen) atoms. The van der Waals surface area contributed by atoms with Gasteiger partial charge in [-0.25, -0.2) is 0 Å². The van der Waals surface area contributed by atoms with E-state index in [1.807, 2.05) is 48.5 Å². The summed E-state index contributed by atoms with van der Waals surface area (Å²) in [6.07, 6.45) is 4.70. The summed E-state index contributed by atoms with van der Waals surface area (Å²) in [7, 11) is 0. The highest BCUT2D eigenvalue weighted by atomic mass is 16.5. The molecule has 0 saturated carbocycles. The highest BCUT2D eigenvalue weighted by Crippen LogP contribution is 2.24. The summed E-state index contributed by atoms with van der Waals surface area (Å²) in [5.41, 5.74) is 3.63. The zero-order valence-corrected chi connectivity index (χ0v) is 19.4. The number of benzene rings is 3. The summed E-state index contributed by atoms with van der Waals surface area (Å²) in [4.78, 5) is 18.5. The molecule has 5 nitrogen and oxygen atoms in total. The van der Waals surface area contributed by atoms with Gasteiger partial charge in [0.2, 0.25) is 5.91 Å². The molecular formula is C29H31N3O2. The van der Waals surface area contributed by atoms with Crippen LogP contribution in [0.2, 0.25) is 0 Å². The van der Waals surface area contributed by atoms with Gasteiger partial charge >= 0.3 is 0 Å². The van der Waals surface area contributed by atoms with E-state index in [-0.39, 0.29) is 11.8 Å². The van der Waals surface area contributed by atoms with Gasteiger partial charge in [0.15, 0.2) is 0 Å². The fourth-order valence-electron chi connectivity index (χ4n) is 4.75. The van der Waals surface area contributed by atoms with Gasteiger partial charge in [0.05, 0.1) is 0 Å². The van der Waals surface area contributed by atoms with Crippen molar-refractivity contribution in [2.24, 2.45) is 5.92 Å². The Balaban J connectivity index is 1.07. The smallest absolute Gasteiger partial charge is 0.223 e. The number of hydrogen-bond donors (Lipinski definition) is 2. The number of aromatic nitrogens is 1. The Morgan fingerprint density at radius 1 is 0.941 bits per heavy atom. The zero-order chi connectivity index (χ0) is 23.2. The molecule has 1 saturated heterocycles. The summed E-state index contributed by atoms with van der Waals surface area (Å²) < 4.78 is 5.97. The quantitative estimate of drug-likeness (QED) is 0.369. The van der Waals surface area contributed by atoms with Crippen molar-refractivity contribution in [3.63, 3.8) is 0 Å². The van der Waals surface area contributed by atoms with Crippen LogP contribution in [0.15, 0.2) is 85.1 Å². The lowest BCUT2D eigenvalue weighted by atomic mass is 9.95. The third-order valence-electron chi connectivity index (χ3n) is 6.61. The fraction of sp³-hybridized carbons (Fsp3) is 0.276. The summed E-state index contributed by atoms with van der Waals surface area (Å²) in [6.45, 7) is 3.42. The average Bonchev–Trinajstić information content (AvgIpc) is 3.28. The second-order valence-corrected chi connectivity index (χ2v) is 9.01. The van der Waals surface area contributed by atoms with E-state index in [2.05, 4.69) is 51.7 Å². The summed E-state index contributed by atoms with van der Waals surface area (Å²) in [5.74, 6) is 1.99. The van der Waals surface area contributed by atoms with E-state index in [4.69, 9.17) is 4.74 Å². The van der Waals surface area contributed by atoms with Crippen molar-refractivity contribution in [2.45, 2.75) is 25.8 Å². The number of aromatic amines is 1. The number of hydrogen-bond acceptors (Lipinski definition) is 3. The molecule has 1 aromatic heterocycles. The molecular weight excluding hydrogens is 422 g/mol. The molecule has 2 N–H and O–H groups in total. The topological polar surface area (TPSA) is 57.4 Å². The molecule has 4 aromatic rings. The van der Waals surface area contributed by atoms with Gasteiger partial charge < -0.3 is 15.0 Å². The monoisotopic (exact) mass is 453 g/mol. The van der Waals surface area contributed by atoms with Crippen LogP contribution in [0.5, 0.6) is 11.5 Å². The summed E-state index contributed by atoms with van der Waals surface area (Å²) >= 11 is 0. The number of fused-ring (bicyclic) bond motifs is 1. The molecule has 0 atom stereocenters. The van der Waals surface area contributed by atoms with E-state index >= 15 is 0 Å². The largest absolute Gasteiger partial charge is 0.457 e. The fourth-order valence-corrected chi connectivity index (χ4v) is 4.75. The standard InChI is InChI=1S/C29H31N3O2/c33-29(30-16-13-24-20-31-28-12-5-4-11-27(24)28)23-14-17-32(18-15-23)21-22-7-6-10-26(19-22)34-25-8-2-1-3-9-25/h1-12,19-20,23,31H,13-18,21H2,(H,30,33). The number of H-pyrrole nitrogens is 1. The van der Waals surface area contributed by atoms with Crippen LogP contribution >= 0.6 is 0 Å². The molecule has 5 rings (SSSR count). The molecule has 2 heterocycles. The number of rotatable bonds is 8. The van der Waals surface area contributed by atoms with Crippen LogP contribution in [-0.2, 0) is 17.8 Å². The predicted molar refractivity (Wildman–Crippen MR) is 136 cm³/mol. The van der Waals surface area contributed by atoms with E-state index < -0.39 is 0 Å². The minimum absolute atomic E-state index is 0.104. The second-order valence-electron chi connectivity index (χ2n) is 9.01. The SMILES string of the molecule is O=C(NCCc1c[nH]c2ccccc12)C1CCN(Cc2cccc(Oc3ccccc3)c2)CC1. The molecule has 3 aromatic carbocycles. The molecule has 0 radical (unpaired) electrons. The van der Waals surface area contributed by atoms with Crippen molar-refractivity contribution in [3.8, 4) is 11.5 Å². The number of ether oxygens (including phenoxy) is 1. The van der Waals surface area contributed by atoms with Crippen LogP contribution in [0.4, 0.5) is 0 Å². The number of piperidine rings is 1. The first-order chi connectivity index (χ1) is 16.7. The number of amides is 1. The van der Waals surface area contributed by atoms with Gasteiger partial charge in [-0.2, -0.15) is 0 Å². The average molecular weight is 454 g/mol. The highest BCUT2D eigenvalue weighted by molar-refractivity contribution is 5.83. The van der Waals surface area contributed by atoms with E-state index in [9.17, 15) is 4.79 Å². The van der Waals surface area contributed by atoms with Crippen molar-refractivity contribution >= 4 is 16.8 Å². The van der Waals surface area contributed by atoms with Gasteiger partial charge in [-0.1, -0.05) is 48.5 Å². The Kier molecular flexibility index (Phi) is 6.91. The van der Waals surface area contributed by atoms with Gasteiger partial charge in [-0.3, -0.25) is 9.69 Å². The molecule has 1 aliphatic rings. The maximum atomic E-state index is 12.7. The van der Waals surface area contributed by atoms with E-state index in [0.29, 0.717) is 6.54 Å². The predicted octanol–water partition coefficient (Wildman–Crippen LogP) is 5.53. The minimum atomic E-state index is 0.104. The maximum absolute atomic E-state index is 12.7. The highest BCUT2D eigenvalue weighted by Gasteiger charge is 2.24. The first-order valence-corrected chi connectivity index (χ1v) is 12.1. The van der Waals surface area contributed by atoms with Crippen molar-refractivity contribution < 1.29 is 9.53 Å². The lowest BCUT2D eigenvalue weighted by molar-refractivity contribution is -0.126. The van der Waals surface area contributed by atoms with Crippen LogP contribution < -0.4 is 10.1 Å². The van der Waals surface area contributed by atoms with Crippen molar-refractivity contribution in [2.75, 3.05) is 19.6 Å². The number of nitrogens with one attached hydrogen (secondary N) is 2. The molecule has 0 bridgehead atoms. The van der Waals surface area contributed by atoms with Crippen molar-refractivity contribution in [3.05, 3.63) is 96.2 Å². The lowest BCUT2D eigenvalue weighted by Gasteiger charge is -2.31. The lowest BCUT2D eigenvalue weighted by Crippen LogP contribution is -2.40. The molecule has 0 spiro atoms. The van der Waals surface area contributed by atoms with Crippen LogP contribution in [0, 0.1) is 5.92 Å². The molecule has 5 heteroatoms. The van der Waals surface area contributed by atoms with Crippen LogP contribution in [0.1, 0.15) is 24.0 Å². The minimum Gasteiger partial charge on any atom is -0.457 e. The number of nitrogens with zero attached hydrogens (tertiary/aromatic N) is 1. The van der Waals surface area contributed by atoms with Gasteiger partial charge in [0, 0.05) is 36.1 Å². The van der Waals surface area contributed by atoms with Gasteiger partial charge in [0.1, 0.15) is 11.5 Å². The Morgan fingerprint density at radius 2 is 1.71 bits per heavy atom. The first-order valence-electron chi connectivity index (χ1n) is 12.1. The number of carbonyl (C=O) groups is 1. The molecule has 1 amide bonds. The second kappa shape index (κ2) is 10.6. The van der Waals surface area contributed by atoms with E-state index in [0.717, 1.165) is 55.9 Å². The van der Waals surface area contributed by atoms with Crippen LogP contribution in [-0.4, -0.2) is 35.4 Å². The number of carbonyl (C=O) groups excluding carboxylic acids is 1. The van der Waals surface area contributed by atoms with Crippen molar-refractivity contribution in [1.29, 1.82) is 0 Å². The Bertz CT molecular complexity index is 1230. The normalized spacial score (nSPS) is 14.8. The summed E-state index contributed by atoms with van der Waals surface area (Å²) in [6, 6.07) is 26.4. The van der Waals surface area contributed by atoms with Crippen LogP contribution in [0.3, 0.4) is 0 Å². The molecule has 0 aliphatic carbocycles. The van der Waals surface area contributed by atoms with Crippen LogP contribution in [0.25, 0.3) is 10.9 Å². The molecule has 0 unspecified atom stereocenters. The van der Waals surface area contributed by atoms with E-state index in [1.54, 1.807) is 0 Å². The number of likely N-dealkylation sites (tertiary alicyclic amines) is 1. The van der Waals surface area contributed by atoms with Gasteiger partial charge in [0.25, 0.3) is 0 Å². The third kappa shape index (κ3) is 5.49. The number of para-hydroxylation sites is 2. The van der Waals surface area contributed by atoms with E-state index in [1.165, 1.54) is 16.5 Å². The molecule has 1 aliphatic heterocycles. The Labute approximate surface area is 200 Å². The summed E-state index contributed by atoms with van der Waals surface area (Å²) in [5, 5.41) is 4.40. The zero-order valence-electron chi connectivity index (χ0n) is 19.4. The first kappa shape index (κ1) is 22.2.